The molecule has 0 saturated heterocycles. The molecule has 0 unspecified atom stereocenters. The van der Waals surface area contributed by atoms with E-state index in [2.05, 4.69) is 10.0 Å². The Morgan fingerprint density at radius 1 is 1.06 bits per heavy atom. The van der Waals surface area contributed by atoms with Crippen molar-refractivity contribution in [3.63, 3.8) is 0 Å². The Hall–Kier alpha value is -2.16. The molecule has 0 radical (unpaired) electrons. The summed E-state index contributed by atoms with van der Waals surface area (Å²) in [6.45, 7) is 0. The summed E-state index contributed by atoms with van der Waals surface area (Å²) in [6, 6.07) is 13.9. The first-order valence-corrected chi connectivity index (χ1v) is 5.24. The third-order valence-corrected chi connectivity index (χ3v) is 2.28. The Balaban J connectivity index is 2.20. The lowest BCUT2D eigenvalue weighted by molar-refractivity contribution is 0.483. The molecule has 84 valence electrons. The number of ether oxygens (including phenoxy) is 1. The standard InChI is InChI=1S/C12H8ClN3O/c13-9-4-6-11(7-5-9)17-12-3-1-2-10(8-12)15-16-14/h1-8H. The van der Waals surface area contributed by atoms with Gasteiger partial charge >= 0.3 is 0 Å². The summed E-state index contributed by atoms with van der Waals surface area (Å²) in [7, 11) is 0. The average molecular weight is 246 g/mol. The van der Waals surface area contributed by atoms with Crippen LogP contribution in [0.5, 0.6) is 11.5 Å². The first kappa shape index (κ1) is 11.3. The zero-order chi connectivity index (χ0) is 12.1. The Kier molecular flexibility index (Phi) is 3.50. The van der Waals surface area contributed by atoms with E-state index in [9.17, 15) is 0 Å². The maximum absolute atomic E-state index is 8.33. The summed E-state index contributed by atoms with van der Waals surface area (Å²) in [5.41, 5.74) is 8.85. The number of hydrogen-bond acceptors (Lipinski definition) is 2. The van der Waals surface area contributed by atoms with Crippen LogP contribution in [0.25, 0.3) is 10.4 Å². The van der Waals surface area contributed by atoms with Crippen molar-refractivity contribution in [2.75, 3.05) is 0 Å². The molecule has 0 saturated carbocycles. The molecule has 0 bridgehead atoms. The number of benzene rings is 2. The van der Waals surface area contributed by atoms with E-state index in [4.69, 9.17) is 21.9 Å². The second-order valence-corrected chi connectivity index (χ2v) is 3.68. The maximum Gasteiger partial charge on any atom is 0.127 e. The lowest BCUT2D eigenvalue weighted by Crippen LogP contribution is -1.82. The van der Waals surface area contributed by atoms with E-state index in [0.29, 0.717) is 22.2 Å². The van der Waals surface area contributed by atoms with Crippen molar-refractivity contribution in [1.82, 2.24) is 0 Å². The van der Waals surface area contributed by atoms with Crippen LogP contribution >= 0.6 is 11.6 Å². The van der Waals surface area contributed by atoms with Gasteiger partial charge in [-0.25, -0.2) is 0 Å². The number of halogens is 1. The van der Waals surface area contributed by atoms with Crippen LogP contribution in [-0.4, -0.2) is 0 Å². The first-order chi connectivity index (χ1) is 8.28. The van der Waals surface area contributed by atoms with Crippen molar-refractivity contribution in [2.24, 2.45) is 5.11 Å². The van der Waals surface area contributed by atoms with Gasteiger partial charge in [0.2, 0.25) is 0 Å². The Morgan fingerprint density at radius 2 is 1.82 bits per heavy atom. The molecule has 0 N–H and O–H groups in total. The molecule has 2 rings (SSSR count). The lowest BCUT2D eigenvalue weighted by Gasteiger charge is -2.05. The van der Waals surface area contributed by atoms with Crippen molar-refractivity contribution in [1.29, 1.82) is 0 Å². The minimum absolute atomic E-state index is 0.513. The molecule has 0 aliphatic heterocycles. The quantitative estimate of drug-likeness (QED) is 0.423. The van der Waals surface area contributed by atoms with Gasteiger partial charge in [0, 0.05) is 15.6 Å². The van der Waals surface area contributed by atoms with E-state index in [1.165, 1.54) is 0 Å². The highest BCUT2D eigenvalue weighted by atomic mass is 35.5. The van der Waals surface area contributed by atoms with Crippen LogP contribution in [0.4, 0.5) is 5.69 Å². The predicted octanol–water partition coefficient (Wildman–Crippen LogP) is 5.07. The third kappa shape index (κ3) is 3.14. The summed E-state index contributed by atoms with van der Waals surface area (Å²) in [5.74, 6) is 1.28. The second-order valence-electron chi connectivity index (χ2n) is 3.24. The molecule has 5 heteroatoms. The van der Waals surface area contributed by atoms with Crippen molar-refractivity contribution < 1.29 is 4.74 Å². The normalized spacial score (nSPS) is 9.47. The summed E-state index contributed by atoms with van der Waals surface area (Å²) in [5, 5.41) is 4.16. The van der Waals surface area contributed by atoms with Crippen LogP contribution in [0.15, 0.2) is 53.6 Å². The number of hydrogen-bond donors (Lipinski definition) is 0. The van der Waals surface area contributed by atoms with Crippen LogP contribution in [-0.2, 0) is 0 Å². The van der Waals surface area contributed by atoms with Crippen LogP contribution < -0.4 is 4.74 Å². The van der Waals surface area contributed by atoms with Crippen molar-refractivity contribution >= 4 is 17.3 Å². The van der Waals surface area contributed by atoms with E-state index < -0.39 is 0 Å². The van der Waals surface area contributed by atoms with Crippen LogP contribution in [0, 0.1) is 0 Å². The summed E-state index contributed by atoms with van der Waals surface area (Å²) in [4.78, 5) is 2.72. The lowest BCUT2D eigenvalue weighted by atomic mass is 10.3. The van der Waals surface area contributed by atoms with Gasteiger partial charge in [-0.05, 0) is 41.9 Å². The molecule has 4 nitrogen and oxygen atoms in total. The smallest absolute Gasteiger partial charge is 0.127 e. The van der Waals surface area contributed by atoms with Crippen molar-refractivity contribution in [3.8, 4) is 11.5 Å². The number of rotatable bonds is 3. The molecule has 2 aromatic carbocycles. The topological polar surface area (TPSA) is 58.0 Å². The highest BCUT2D eigenvalue weighted by Gasteiger charge is 1.98. The van der Waals surface area contributed by atoms with Crippen LogP contribution in [0.3, 0.4) is 0 Å². The fraction of sp³-hybridized carbons (Fsp3) is 0. The molecule has 0 fully saturated rings. The number of nitrogens with zero attached hydrogens (tertiary/aromatic N) is 3. The van der Waals surface area contributed by atoms with Crippen LogP contribution in [0.1, 0.15) is 0 Å². The SMILES string of the molecule is [N-]=[N+]=Nc1cccc(Oc2ccc(Cl)cc2)c1. The molecule has 17 heavy (non-hydrogen) atoms. The molecular weight excluding hydrogens is 238 g/mol. The fourth-order valence-electron chi connectivity index (χ4n) is 1.30. The van der Waals surface area contributed by atoms with E-state index >= 15 is 0 Å². The molecular formula is C12H8ClN3O. The van der Waals surface area contributed by atoms with E-state index in [0.717, 1.165) is 0 Å². The van der Waals surface area contributed by atoms with E-state index in [1.807, 2.05) is 0 Å². The minimum Gasteiger partial charge on any atom is -0.457 e. The zero-order valence-corrected chi connectivity index (χ0v) is 9.50. The fourth-order valence-corrected chi connectivity index (χ4v) is 1.43. The Labute approximate surface area is 103 Å². The molecule has 0 aliphatic carbocycles. The highest BCUT2D eigenvalue weighted by molar-refractivity contribution is 6.30. The molecule has 0 aromatic heterocycles. The Bertz CT molecular complexity index is 562. The van der Waals surface area contributed by atoms with Gasteiger partial charge in [0.15, 0.2) is 0 Å². The van der Waals surface area contributed by atoms with Gasteiger partial charge in [-0.2, -0.15) is 0 Å². The van der Waals surface area contributed by atoms with Gasteiger partial charge in [0.05, 0.1) is 0 Å². The monoisotopic (exact) mass is 245 g/mol. The zero-order valence-electron chi connectivity index (χ0n) is 8.75. The van der Waals surface area contributed by atoms with Gasteiger partial charge in [-0.3, -0.25) is 0 Å². The second kappa shape index (κ2) is 5.25. The summed E-state index contributed by atoms with van der Waals surface area (Å²) in [6.07, 6.45) is 0. The molecule has 0 heterocycles. The Morgan fingerprint density at radius 3 is 2.53 bits per heavy atom. The molecule has 0 aliphatic rings. The first-order valence-electron chi connectivity index (χ1n) is 4.86. The maximum atomic E-state index is 8.33. The van der Waals surface area contributed by atoms with Gasteiger partial charge in [-0.15, -0.1) is 0 Å². The molecule has 0 amide bonds. The molecule has 0 spiro atoms. The minimum atomic E-state index is 0.513. The van der Waals surface area contributed by atoms with E-state index in [1.54, 1.807) is 48.5 Å². The van der Waals surface area contributed by atoms with Crippen LogP contribution in [0.2, 0.25) is 5.02 Å². The highest BCUT2D eigenvalue weighted by Crippen LogP contribution is 2.26. The average Bonchev–Trinajstić information content (AvgIpc) is 2.33. The largest absolute Gasteiger partial charge is 0.457 e. The van der Waals surface area contributed by atoms with Gasteiger partial charge < -0.3 is 4.74 Å². The molecule has 0 atom stereocenters. The van der Waals surface area contributed by atoms with Crippen molar-refractivity contribution in [2.45, 2.75) is 0 Å². The van der Waals surface area contributed by atoms with Gasteiger partial charge in [-0.1, -0.05) is 28.8 Å². The van der Waals surface area contributed by atoms with Crippen molar-refractivity contribution in [3.05, 3.63) is 64.0 Å². The summed E-state index contributed by atoms with van der Waals surface area (Å²) < 4.78 is 5.58. The number of azide groups is 1. The van der Waals surface area contributed by atoms with E-state index in [-0.39, 0.29) is 0 Å². The predicted molar refractivity (Wildman–Crippen MR) is 66.8 cm³/mol. The molecule has 2 aromatic rings. The summed E-state index contributed by atoms with van der Waals surface area (Å²) >= 11 is 5.77. The van der Waals surface area contributed by atoms with Gasteiger partial charge in [0.25, 0.3) is 0 Å². The third-order valence-electron chi connectivity index (χ3n) is 2.03. The van der Waals surface area contributed by atoms with Gasteiger partial charge in [0.1, 0.15) is 11.5 Å².